The van der Waals surface area contributed by atoms with Gasteiger partial charge in [-0.1, -0.05) is 0 Å². The molecule has 2 aromatic carbocycles. The van der Waals surface area contributed by atoms with Gasteiger partial charge in [-0.25, -0.2) is 13.8 Å². The molecule has 21 heavy (non-hydrogen) atoms. The number of aromatic amines is 1. The van der Waals surface area contributed by atoms with E-state index in [1.807, 2.05) is 0 Å². The molecule has 1 heterocycles. The highest BCUT2D eigenvalue weighted by Crippen LogP contribution is 2.18. The number of nitrogens with one attached hydrogen (secondary N) is 1. The number of rotatable bonds is 3. The van der Waals surface area contributed by atoms with E-state index >= 15 is 0 Å². The minimum Gasteiger partial charge on any atom is -0.341 e. The third kappa shape index (κ3) is 2.72. The summed E-state index contributed by atoms with van der Waals surface area (Å²) in [7, 11) is 0. The predicted molar refractivity (Wildman–Crippen MR) is 73.8 cm³/mol. The molecule has 0 aliphatic rings. The van der Waals surface area contributed by atoms with Crippen LogP contribution in [0, 0.1) is 11.6 Å². The van der Waals surface area contributed by atoms with Crippen molar-refractivity contribution in [1.29, 1.82) is 0 Å². The van der Waals surface area contributed by atoms with Crippen LogP contribution in [-0.4, -0.2) is 15.8 Å². The number of imidazole rings is 1. The van der Waals surface area contributed by atoms with Crippen molar-refractivity contribution in [2.45, 2.75) is 0 Å². The van der Waals surface area contributed by atoms with Crippen molar-refractivity contribution >= 4 is 5.78 Å². The van der Waals surface area contributed by atoms with E-state index in [1.165, 1.54) is 36.4 Å². The van der Waals surface area contributed by atoms with E-state index in [9.17, 15) is 13.6 Å². The lowest BCUT2D eigenvalue weighted by atomic mass is 10.1. The van der Waals surface area contributed by atoms with E-state index in [0.29, 0.717) is 16.8 Å². The zero-order chi connectivity index (χ0) is 14.8. The first kappa shape index (κ1) is 13.2. The quantitative estimate of drug-likeness (QED) is 0.747. The van der Waals surface area contributed by atoms with Gasteiger partial charge >= 0.3 is 0 Å². The fraction of sp³-hybridized carbons (Fsp3) is 0. The van der Waals surface area contributed by atoms with Crippen LogP contribution in [-0.2, 0) is 0 Å². The maximum absolute atomic E-state index is 12.9. The van der Waals surface area contributed by atoms with Gasteiger partial charge < -0.3 is 4.98 Å². The van der Waals surface area contributed by atoms with Gasteiger partial charge in [0.05, 0.1) is 5.69 Å². The van der Waals surface area contributed by atoms with E-state index in [-0.39, 0.29) is 17.4 Å². The van der Waals surface area contributed by atoms with Gasteiger partial charge in [-0.2, -0.15) is 0 Å². The SMILES string of the molecule is O=C(c1ccc(F)cc1)c1nc(-c2ccc(F)cc2)c[nH]1. The van der Waals surface area contributed by atoms with Crippen LogP contribution in [0.4, 0.5) is 8.78 Å². The number of hydrogen-bond acceptors (Lipinski definition) is 2. The van der Waals surface area contributed by atoms with Gasteiger partial charge in [0, 0.05) is 17.3 Å². The number of aromatic nitrogens is 2. The van der Waals surface area contributed by atoms with Crippen molar-refractivity contribution in [2.24, 2.45) is 0 Å². The van der Waals surface area contributed by atoms with E-state index in [0.717, 1.165) is 0 Å². The van der Waals surface area contributed by atoms with Gasteiger partial charge in [-0.3, -0.25) is 4.79 Å². The van der Waals surface area contributed by atoms with Crippen molar-refractivity contribution in [3.8, 4) is 11.3 Å². The average molecular weight is 284 g/mol. The number of halogens is 2. The molecule has 0 fully saturated rings. The van der Waals surface area contributed by atoms with Crippen LogP contribution in [0.1, 0.15) is 16.2 Å². The number of nitrogens with zero attached hydrogens (tertiary/aromatic N) is 1. The summed E-state index contributed by atoms with van der Waals surface area (Å²) in [6.45, 7) is 0. The second kappa shape index (κ2) is 5.28. The van der Waals surface area contributed by atoms with E-state index < -0.39 is 5.82 Å². The predicted octanol–water partition coefficient (Wildman–Crippen LogP) is 3.59. The number of carbonyl (C=O) groups excluding carboxylic acids is 1. The van der Waals surface area contributed by atoms with Gasteiger partial charge in [0.2, 0.25) is 5.78 Å². The minimum atomic E-state index is -0.405. The average Bonchev–Trinajstić information content (AvgIpc) is 2.98. The summed E-state index contributed by atoms with van der Waals surface area (Å²) in [5.74, 6) is -0.917. The lowest BCUT2D eigenvalue weighted by molar-refractivity contribution is 0.103. The maximum Gasteiger partial charge on any atom is 0.228 e. The monoisotopic (exact) mass is 284 g/mol. The Hall–Kier alpha value is -2.82. The van der Waals surface area contributed by atoms with Crippen LogP contribution in [0.25, 0.3) is 11.3 Å². The Balaban J connectivity index is 1.89. The molecule has 0 spiro atoms. The Labute approximate surface area is 119 Å². The molecule has 0 bridgehead atoms. The zero-order valence-electron chi connectivity index (χ0n) is 10.8. The first-order valence-electron chi connectivity index (χ1n) is 6.25. The third-order valence-corrected chi connectivity index (χ3v) is 3.04. The highest BCUT2D eigenvalue weighted by molar-refractivity contribution is 6.06. The zero-order valence-corrected chi connectivity index (χ0v) is 10.8. The van der Waals surface area contributed by atoms with E-state index in [4.69, 9.17) is 0 Å². The molecule has 5 heteroatoms. The highest BCUT2D eigenvalue weighted by atomic mass is 19.1. The third-order valence-electron chi connectivity index (χ3n) is 3.04. The molecule has 104 valence electrons. The lowest BCUT2D eigenvalue weighted by Crippen LogP contribution is -2.03. The molecule has 1 aromatic heterocycles. The Bertz CT molecular complexity index is 777. The first-order chi connectivity index (χ1) is 10.1. The molecule has 3 aromatic rings. The maximum atomic E-state index is 12.9. The Morgan fingerprint density at radius 3 is 2.10 bits per heavy atom. The lowest BCUT2D eigenvalue weighted by Gasteiger charge is -1.97. The molecule has 0 atom stereocenters. The van der Waals surface area contributed by atoms with Crippen LogP contribution in [0.3, 0.4) is 0 Å². The van der Waals surface area contributed by atoms with Crippen molar-refractivity contribution in [2.75, 3.05) is 0 Å². The summed E-state index contributed by atoms with van der Waals surface area (Å²) < 4.78 is 25.7. The van der Waals surface area contributed by atoms with Crippen molar-refractivity contribution in [1.82, 2.24) is 9.97 Å². The molecule has 0 amide bonds. The summed E-state index contributed by atoms with van der Waals surface area (Å²) in [6, 6.07) is 11.1. The first-order valence-corrected chi connectivity index (χ1v) is 6.25. The summed E-state index contributed by atoms with van der Waals surface area (Å²) in [5.41, 5.74) is 1.59. The minimum absolute atomic E-state index is 0.154. The molecule has 3 rings (SSSR count). The molecule has 0 radical (unpaired) electrons. The van der Waals surface area contributed by atoms with Crippen molar-refractivity contribution < 1.29 is 13.6 Å². The van der Waals surface area contributed by atoms with Gasteiger partial charge in [0.25, 0.3) is 0 Å². The summed E-state index contributed by atoms with van der Waals surface area (Å²) >= 11 is 0. The topological polar surface area (TPSA) is 45.8 Å². The molecule has 0 saturated carbocycles. The van der Waals surface area contributed by atoms with E-state index in [1.54, 1.807) is 18.3 Å². The molecule has 0 saturated heterocycles. The number of carbonyl (C=O) groups is 1. The summed E-state index contributed by atoms with van der Waals surface area (Å²) in [6.07, 6.45) is 1.57. The number of ketones is 1. The molecule has 0 aliphatic heterocycles. The van der Waals surface area contributed by atoms with E-state index in [2.05, 4.69) is 9.97 Å². The normalized spacial score (nSPS) is 10.6. The standard InChI is InChI=1S/C16H10F2N2O/c17-12-5-1-10(2-6-12)14-9-19-16(20-14)15(21)11-3-7-13(18)8-4-11/h1-9H,(H,19,20). The highest BCUT2D eigenvalue weighted by Gasteiger charge is 2.14. The Kier molecular flexibility index (Phi) is 3.31. The summed E-state index contributed by atoms with van der Waals surface area (Å²) in [5, 5.41) is 0. The van der Waals surface area contributed by atoms with Gasteiger partial charge in [0.15, 0.2) is 5.82 Å². The van der Waals surface area contributed by atoms with Crippen LogP contribution in [0.2, 0.25) is 0 Å². The molecular weight excluding hydrogens is 274 g/mol. The van der Waals surface area contributed by atoms with Crippen LogP contribution >= 0.6 is 0 Å². The number of benzene rings is 2. The number of H-pyrrole nitrogens is 1. The second-order valence-corrected chi connectivity index (χ2v) is 4.48. The van der Waals surface area contributed by atoms with Crippen LogP contribution in [0.5, 0.6) is 0 Å². The molecule has 0 unspecified atom stereocenters. The fourth-order valence-corrected chi connectivity index (χ4v) is 1.94. The van der Waals surface area contributed by atoms with Crippen LogP contribution in [0.15, 0.2) is 54.7 Å². The van der Waals surface area contributed by atoms with Crippen molar-refractivity contribution in [3.05, 3.63) is 77.8 Å². The largest absolute Gasteiger partial charge is 0.341 e. The Morgan fingerprint density at radius 2 is 1.48 bits per heavy atom. The smallest absolute Gasteiger partial charge is 0.228 e. The summed E-state index contributed by atoms with van der Waals surface area (Å²) in [4.78, 5) is 19.2. The van der Waals surface area contributed by atoms with Crippen molar-refractivity contribution in [3.63, 3.8) is 0 Å². The fourth-order valence-electron chi connectivity index (χ4n) is 1.94. The van der Waals surface area contributed by atoms with Gasteiger partial charge in [-0.05, 0) is 48.5 Å². The van der Waals surface area contributed by atoms with Crippen LogP contribution < -0.4 is 0 Å². The van der Waals surface area contributed by atoms with Gasteiger partial charge in [-0.15, -0.1) is 0 Å². The molecular formula is C16H10F2N2O. The Morgan fingerprint density at radius 1 is 0.905 bits per heavy atom. The molecule has 0 aliphatic carbocycles. The molecule has 3 nitrogen and oxygen atoms in total. The second-order valence-electron chi connectivity index (χ2n) is 4.48. The molecule has 1 N–H and O–H groups in total. The number of hydrogen-bond donors (Lipinski definition) is 1. The van der Waals surface area contributed by atoms with Gasteiger partial charge in [0.1, 0.15) is 11.6 Å².